The molecule has 0 heterocycles. The molecular weight excluding hydrogens is 1510 g/mol. The Labute approximate surface area is 684 Å². The minimum Gasteiger partial charge on any atom is -1.00 e. The molecule has 20 heteroatoms. The number of carbonyl (C=O) groups is 4. The second kappa shape index (κ2) is 44.6. The maximum absolute atomic E-state index is 12.5. The Bertz CT molecular complexity index is 3560. The van der Waals surface area contributed by atoms with E-state index in [0.29, 0.717) is 48.3 Å². The molecular formula is C88H116BrNaO14S4. The first-order valence-electron chi connectivity index (χ1n) is 39.5. The van der Waals surface area contributed by atoms with Crippen molar-refractivity contribution in [3.63, 3.8) is 0 Å². The zero-order valence-electron chi connectivity index (χ0n) is 65.1. The molecule has 8 fully saturated rings. The summed E-state index contributed by atoms with van der Waals surface area (Å²) in [7, 11) is -9.02. The van der Waals surface area contributed by atoms with Gasteiger partial charge < -0.3 is 45.0 Å². The second-order valence-electron chi connectivity index (χ2n) is 31.2. The van der Waals surface area contributed by atoms with Crippen molar-refractivity contribution in [2.75, 3.05) is 24.7 Å². The maximum atomic E-state index is 12.5. The predicted molar refractivity (Wildman–Crippen MR) is 420 cm³/mol. The predicted octanol–water partition coefficient (Wildman–Crippen LogP) is 14.3. The van der Waals surface area contributed by atoms with Crippen molar-refractivity contribution in [2.45, 2.75) is 264 Å². The molecule has 0 N–H and O–H groups in total. The molecule has 0 aromatic heterocycles. The van der Waals surface area contributed by atoms with E-state index < -0.39 is 31.7 Å². The second-order valence-corrected chi connectivity index (χ2v) is 38.3. The van der Waals surface area contributed by atoms with Gasteiger partial charge in [-0.15, -0.1) is 0 Å². The van der Waals surface area contributed by atoms with Gasteiger partial charge in [0.05, 0.1) is 64.4 Å². The van der Waals surface area contributed by atoms with Crippen LogP contribution in [0, 0.1) is 74.0 Å². The Morgan fingerprint density at radius 3 is 0.843 bits per heavy atom. The number of esters is 4. The average Bonchev–Trinajstić information content (AvgIpc) is 0.750. The molecule has 8 saturated carbocycles. The van der Waals surface area contributed by atoms with E-state index in [-0.39, 0.29) is 116 Å². The van der Waals surface area contributed by atoms with Crippen molar-refractivity contribution in [3.05, 3.63) is 168 Å². The van der Waals surface area contributed by atoms with Crippen LogP contribution in [0.2, 0.25) is 0 Å². The number of benzene rings is 6. The summed E-state index contributed by atoms with van der Waals surface area (Å²) < 4.78 is 84.9. The topological polar surface area (TPSA) is 220 Å². The van der Waals surface area contributed by atoms with Crippen LogP contribution in [0.3, 0.4) is 0 Å². The summed E-state index contributed by atoms with van der Waals surface area (Å²) in [5.74, 6) is 3.28. The first kappa shape index (κ1) is 90.4. The van der Waals surface area contributed by atoms with Crippen LogP contribution < -0.4 is 56.0 Å². The summed E-state index contributed by atoms with van der Waals surface area (Å²) in [5, 5.41) is 0. The number of carbonyl (C=O) groups excluding carboxylic acids is 4. The molecule has 0 aliphatic heterocycles. The van der Waals surface area contributed by atoms with Crippen molar-refractivity contribution >= 4 is 65.9 Å². The summed E-state index contributed by atoms with van der Waals surface area (Å²) >= 11 is 0. The first-order chi connectivity index (χ1) is 50.9. The Hall–Kier alpha value is -4.80. The summed E-state index contributed by atoms with van der Waals surface area (Å²) in [5.41, 5.74) is 3.32. The Morgan fingerprint density at radius 1 is 0.380 bits per heavy atom. The standard InChI is InChI=1S/2C31H39O2S.2C13H20O5S.BrH.Na/c2*1-4-5-6-7-8-9-10-17-22-30(32)33-31-25(2)23-29(24-26(31)3)34(27-18-13-11-14-19-27)28-20-15-12-16-21-28;2*14-12(18-1-2-19(15,16)17)13-6-9-3-10(7-13)5-11(4-9)8-13;;/h2*11-16,18-21,23-24H,4-10,17,22H2,1-3H3;2*9-11H,1-8H2,(H,15,16,17);1H;/q2*+1;;;;+1/p-3. The maximum Gasteiger partial charge on any atom is 1.00 e. The summed E-state index contributed by atoms with van der Waals surface area (Å²) in [6, 6.07) is 51.3. The van der Waals surface area contributed by atoms with Gasteiger partial charge in [-0.05, 0) is 224 Å². The van der Waals surface area contributed by atoms with E-state index in [9.17, 15) is 45.1 Å². The molecule has 0 amide bonds. The van der Waals surface area contributed by atoms with E-state index in [4.69, 9.17) is 18.9 Å². The van der Waals surface area contributed by atoms with Gasteiger partial charge in [0.2, 0.25) is 0 Å². The zero-order valence-corrected chi connectivity index (χ0v) is 71.9. The number of ether oxygens (including phenoxy) is 4. The molecule has 0 saturated heterocycles. The van der Waals surface area contributed by atoms with Crippen molar-refractivity contribution in [1.82, 2.24) is 0 Å². The van der Waals surface area contributed by atoms with Gasteiger partial charge in [0.15, 0.2) is 29.4 Å². The SMILES string of the molecule is CCCCCCCCCCC(=O)Oc1c(C)cc([S+](c2ccccc2)c2ccccc2)cc1C.CCCCCCCCCCC(=O)Oc1c(C)cc([S+](c2ccccc2)c2ccccc2)cc1C.O=C(OCCS(=O)(=O)[O-])C12CC3CC(CC(C3)C1)C2.O=C(OCCS(=O)(=O)[O-])C12CC3CC(CC(C3)C1)C2.[Br-].[Na+]. The van der Waals surface area contributed by atoms with Gasteiger partial charge in [0.25, 0.3) is 0 Å². The Kier molecular flexibility index (Phi) is 37.3. The molecule has 108 heavy (non-hydrogen) atoms. The van der Waals surface area contributed by atoms with Crippen LogP contribution in [-0.4, -0.2) is 74.5 Å². The number of halogens is 1. The number of unbranched alkanes of at least 4 members (excludes halogenated alkanes) is 14. The number of hydrogen-bond donors (Lipinski definition) is 0. The Balaban J connectivity index is 0.000000206. The van der Waals surface area contributed by atoms with Crippen LogP contribution in [0.1, 0.15) is 229 Å². The van der Waals surface area contributed by atoms with E-state index in [1.807, 2.05) is 27.7 Å². The van der Waals surface area contributed by atoms with Gasteiger partial charge >= 0.3 is 53.4 Å². The molecule has 6 aromatic rings. The molecule has 14 rings (SSSR count). The smallest absolute Gasteiger partial charge is 1.00 e. The van der Waals surface area contributed by atoms with Crippen molar-refractivity contribution < 1.29 is 111 Å². The van der Waals surface area contributed by atoms with E-state index >= 15 is 0 Å². The monoisotopic (exact) mass is 1630 g/mol. The van der Waals surface area contributed by atoms with Crippen molar-refractivity contribution in [3.8, 4) is 11.5 Å². The summed E-state index contributed by atoms with van der Waals surface area (Å²) in [4.78, 5) is 57.2. The largest absolute Gasteiger partial charge is 1.00 e. The van der Waals surface area contributed by atoms with Gasteiger partial charge in [-0.25, -0.2) is 16.8 Å². The van der Waals surface area contributed by atoms with Gasteiger partial charge in [-0.2, -0.15) is 0 Å². The molecule has 8 aliphatic carbocycles. The molecule has 584 valence electrons. The molecule has 14 nitrogen and oxygen atoms in total. The number of aryl methyl sites for hydroxylation is 4. The van der Waals surface area contributed by atoms with Gasteiger partial charge in [0, 0.05) is 37.1 Å². The molecule has 8 bridgehead atoms. The van der Waals surface area contributed by atoms with Crippen LogP contribution in [0.4, 0.5) is 0 Å². The third-order valence-corrected chi connectivity index (χ3v) is 28.0. The Morgan fingerprint density at radius 2 is 0.611 bits per heavy atom. The van der Waals surface area contributed by atoms with Crippen LogP contribution in [0.5, 0.6) is 11.5 Å². The van der Waals surface area contributed by atoms with E-state index in [2.05, 4.69) is 159 Å². The van der Waals surface area contributed by atoms with Gasteiger partial charge in [-0.1, -0.05) is 177 Å². The minimum absolute atomic E-state index is 0. The normalized spacial score (nSPS) is 21.2. The van der Waals surface area contributed by atoms with Crippen LogP contribution >= 0.6 is 0 Å². The molecule has 0 spiro atoms. The van der Waals surface area contributed by atoms with Crippen LogP contribution in [-0.2, 0) is 70.7 Å². The molecule has 6 aromatic carbocycles. The third-order valence-electron chi connectivity index (χ3n) is 22.2. The van der Waals surface area contributed by atoms with Gasteiger partial charge in [0.1, 0.15) is 24.7 Å². The van der Waals surface area contributed by atoms with Crippen molar-refractivity contribution in [1.29, 1.82) is 0 Å². The quantitative estimate of drug-likeness (QED) is 0.00916. The fourth-order valence-corrected chi connectivity index (χ4v) is 23.2. The van der Waals surface area contributed by atoms with E-state index in [1.165, 1.54) is 145 Å². The fourth-order valence-electron chi connectivity index (χ4n) is 18.1. The summed E-state index contributed by atoms with van der Waals surface area (Å²) in [6.45, 7) is 12.1. The zero-order chi connectivity index (χ0) is 75.7. The van der Waals surface area contributed by atoms with E-state index in [1.54, 1.807) is 0 Å². The molecule has 0 radical (unpaired) electrons. The number of rotatable bonds is 34. The molecule has 0 atom stereocenters. The van der Waals surface area contributed by atoms with Crippen LogP contribution in [0.25, 0.3) is 0 Å². The van der Waals surface area contributed by atoms with Gasteiger partial charge in [-0.3, -0.25) is 19.2 Å². The summed E-state index contributed by atoms with van der Waals surface area (Å²) in [6.07, 6.45) is 33.3. The van der Waals surface area contributed by atoms with E-state index in [0.717, 1.165) is 98.0 Å². The van der Waals surface area contributed by atoms with Crippen LogP contribution in [0.15, 0.2) is 175 Å². The van der Waals surface area contributed by atoms with Crippen molar-refractivity contribution in [2.24, 2.45) is 46.3 Å². The first-order valence-corrected chi connectivity index (χ1v) is 45.1. The molecule has 8 aliphatic rings. The fraction of sp³-hybridized carbons (Fsp3) is 0.545. The number of hydrogen-bond acceptors (Lipinski definition) is 14. The third kappa shape index (κ3) is 27.8. The molecule has 0 unspecified atom stereocenters. The average molecular weight is 1630 g/mol. The minimum atomic E-state index is -4.30.